The number of fused-ring (bicyclic) bond motifs is 2. The van der Waals surface area contributed by atoms with Crippen molar-refractivity contribution in [3.8, 4) is 0 Å². The Hall–Kier alpha value is -0.810. The minimum atomic E-state index is -0.293. The van der Waals surface area contributed by atoms with Crippen molar-refractivity contribution < 1.29 is 9.59 Å². The van der Waals surface area contributed by atoms with Crippen molar-refractivity contribution in [1.29, 1.82) is 0 Å². The Morgan fingerprint density at radius 1 is 1.27 bits per heavy atom. The lowest BCUT2D eigenvalue weighted by Gasteiger charge is -2.29. The van der Waals surface area contributed by atoms with Gasteiger partial charge < -0.3 is 15.5 Å². The van der Waals surface area contributed by atoms with Gasteiger partial charge in [0.05, 0.1) is 0 Å². The molecule has 6 heteroatoms. The van der Waals surface area contributed by atoms with Crippen molar-refractivity contribution >= 4 is 24.2 Å². The molecule has 0 radical (unpaired) electrons. The Morgan fingerprint density at radius 2 is 1.91 bits per heavy atom. The predicted molar refractivity (Wildman–Crippen MR) is 87.9 cm³/mol. The quantitative estimate of drug-likeness (QED) is 0.820. The zero-order valence-electron chi connectivity index (χ0n) is 13.5. The number of amides is 2. The second-order valence-corrected chi connectivity index (χ2v) is 7.21. The van der Waals surface area contributed by atoms with Crippen LogP contribution in [0.3, 0.4) is 0 Å². The maximum atomic E-state index is 12.2. The lowest BCUT2D eigenvalue weighted by molar-refractivity contribution is -0.134. The second kappa shape index (κ2) is 7.18. The largest absolute Gasteiger partial charge is 0.344 e. The van der Waals surface area contributed by atoms with Crippen LogP contribution < -0.4 is 10.6 Å². The van der Waals surface area contributed by atoms with Crippen LogP contribution in [0.5, 0.6) is 0 Å². The van der Waals surface area contributed by atoms with E-state index in [9.17, 15) is 9.59 Å². The third-order valence-corrected chi connectivity index (χ3v) is 5.24. The summed E-state index contributed by atoms with van der Waals surface area (Å²) in [4.78, 5) is 26.3. The standard InChI is InChI=1S/C16H27N3O2.ClH/c1-10(2)19-6-5-14(16(19)21)18-15(20)9-11-7-12-3-4-13(8-11)17-12;/h10-14,17H,3-9H2,1-2H3,(H,18,20);1H. The fourth-order valence-corrected chi connectivity index (χ4v) is 4.21. The average Bonchev–Trinajstić information content (AvgIpc) is 2.93. The summed E-state index contributed by atoms with van der Waals surface area (Å²) in [6.07, 6.45) is 6.07. The third-order valence-electron chi connectivity index (χ3n) is 5.24. The summed E-state index contributed by atoms with van der Waals surface area (Å²) < 4.78 is 0. The van der Waals surface area contributed by atoms with Gasteiger partial charge in [0.1, 0.15) is 6.04 Å². The molecule has 0 aliphatic carbocycles. The molecular weight excluding hydrogens is 302 g/mol. The molecule has 126 valence electrons. The van der Waals surface area contributed by atoms with Crippen LogP contribution in [0.25, 0.3) is 0 Å². The minimum absolute atomic E-state index is 0. The van der Waals surface area contributed by atoms with Crippen molar-refractivity contribution in [1.82, 2.24) is 15.5 Å². The molecule has 3 rings (SSSR count). The molecule has 3 fully saturated rings. The summed E-state index contributed by atoms with van der Waals surface area (Å²) in [5.41, 5.74) is 0. The molecule has 3 heterocycles. The first-order valence-corrected chi connectivity index (χ1v) is 8.39. The van der Waals surface area contributed by atoms with Gasteiger partial charge in [0, 0.05) is 31.1 Å². The van der Waals surface area contributed by atoms with E-state index in [1.807, 2.05) is 18.7 Å². The molecule has 3 unspecified atom stereocenters. The van der Waals surface area contributed by atoms with Crippen molar-refractivity contribution in [2.24, 2.45) is 5.92 Å². The summed E-state index contributed by atoms with van der Waals surface area (Å²) in [6, 6.07) is 1.16. The number of piperidine rings is 1. The van der Waals surface area contributed by atoms with E-state index in [4.69, 9.17) is 0 Å². The molecule has 22 heavy (non-hydrogen) atoms. The molecule has 2 N–H and O–H groups in total. The van der Waals surface area contributed by atoms with Gasteiger partial charge in [-0.1, -0.05) is 0 Å². The molecule has 3 aliphatic rings. The molecule has 0 saturated carbocycles. The Balaban J connectivity index is 0.00000176. The molecule has 0 aromatic rings. The maximum Gasteiger partial charge on any atom is 0.245 e. The molecule has 5 nitrogen and oxygen atoms in total. The number of rotatable bonds is 4. The fourth-order valence-electron chi connectivity index (χ4n) is 4.21. The van der Waals surface area contributed by atoms with Crippen LogP contribution in [0.2, 0.25) is 0 Å². The summed E-state index contributed by atoms with van der Waals surface area (Å²) in [7, 11) is 0. The maximum absolute atomic E-state index is 12.2. The lowest BCUT2D eigenvalue weighted by Crippen LogP contribution is -2.45. The molecule has 2 amide bonds. The van der Waals surface area contributed by atoms with Gasteiger partial charge >= 0.3 is 0 Å². The van der Waals surface area contributed by atoms with Gasteiger partial charge in [0.2, 0.25) is 11.8 Å². The number of hydrogen-bond acceptors (Lipinski definition) is 3. The highest BCUT2D eigenvalue weighted by Crippen LogP contribution is 2.32. The fraction of sp³-hybridized carbons (Fsp3) is 0.875. The van der Waals surface area contributed by atoms with E-state index in [1.165, 1.54) is 12.8 Å². The van der Waals surface area contributed by atoms with Gasteiger partial charge in [-0.2, -0.15) is 0 Å². The van der Waals surface area contributed by atoms with E-state index in [0.717, 1.165) is 25.8 Å². The number of carbonyl (C=O) groups is 2. The zero-order chi connectivity index (χ0) is 15.0. The first kappa shape index (κ1) is 17.5. The van der Waals surface area contributed by atoms with Crippen LogP contribution in [0.15, 0.2) is 0 Å². The molecule has 3 aliphatic heterocycles. The molecular formula is C16H28ClN3O2. The van der Waals surface area contributed by atoms with E-state index in [2.05, 4.69) is 10.6 Å². The molecule has 3 saturated heterocycles. The second-order valence-electron chi connectivity index (χ2n) is 7.21. The monoisotopic (exact) mass is 329 g/mol. The molecule has 3 atom stereocenters. The van der Waals surface area contributed by atoms with E-state index in [1.54, 1.807) is 0 Å². The minimum Gasteiger partial charge on any atom is -0.344 e. The highest BCUT2D eigenvalue weighted by Gasteiger charge is 2.36. The molecule has 0 aromatic heterocycles. The van der Waals surface area contributed by atoms with Crippen molar-refractivity contribution in [2.75, 3.05) is 6.54 Å². The zero-order valence-corrected chi connectivity index (χ0v) is 14.3. The average molecular weight is 330 g/mol. The number of nitrogens with one attached hydrogen (secondary N) is 2. The van der Waals surface area contributed by atoms with Gasteiger partial charge in [-0.25, -0.2) is 0 Å². The molecule has 0 spiro atoms. The van der Waals surface area contributed by atoms with Crippen molar-refractivity contribution in [2.45, 2.75) is 76.5 Å². The van der Waals surface area contributed by atoms with E-state index in [0.29, 0.717) is 24.4 Å². The third kappa shape index (κ3) is 3.74. The number of likely N-dealkylation sites (tertiary alicyclic amines) is 1. The number of nitrogens with zero attached hydrogens (tertiary/aromatic N) is 1. The van der Waals surface area contributed by atoms with Gasteiger partial charge in [-0.05, 0) is 51.9 Å². The number of carbonyl (C=O) groups excluding carboxylic acids is 2. The van der Waals surface area contributed by atoms with Crippen LogP contribution in [0, 0.1) is 5.92 Å². The van der Waals surface area contributed by atoms with Gasteiger partial charge in [-0.3, -0.25) is 9.59 Å². The van der Waals surface area contributed by atoms with Crippen LogP contribution >= 0.6 is 12.4 Å². The predicted octanol–water partition coefficient (Wildman–Crippen LogP) is 1.45. The SMILES string of the molecule is CC(C)N1CCC(NC(=O)CC2CC3CCC(C2)N3)C1=O.Cl. The van der Waals surface area contributed by atoms with E-state index >= 15 is 0 Å². The summed E-state index contributed by atoms with van der Waals surface area (Å²) in [5, 5.41) is 6.56. The molecule has 2 bridgehead atoms. The first-order valence-electron chi connectivity index (χ1n) is 8.39. The Kier molecular flexibility index (Phi) is 5.72. The first-order chi connectivity index (χ1) is 10.0. The Morgan fingerprint density at radius 3 is 2.45 bits per heavy atom. The van der Waals surface area contributed by atoms with Gasteiger partial charge in [0.25, 0.3) is 0 Å². The topological polar surface area (TPSA) is 61.4 Å². The lowest BCUT2D eigenvalue weighted by atomic mass is 9.89. The Bertz CT molecular complexity index is 418. The van der Waals surface area contributed by atoms with Crippen LogP contribution in [-0.4, -0.2) is 47.4 Å². The summed E-state index contributed by atoms with van der Waals surface area (Å²) >= 11 is 0. The highest BCUT2D eigenvalue weighted by atomic mass is 35.5. The molecule has 0 aromatic carbocycles. The van der Waals surface area contributed by atoms with E-state index in [-0.39, 0.29) is 36.3 Å². The van der Waals surface area contributed by atoms with Gasteiger partial charge in [0.15, 0.2) is 0 Å². The van der Waals surface area contributed by atoms with Crippen LogP contribution in [0.1, 0.15) is 52.4 Å². The summed E-state index contributed by atoms with van der Waals surface area (Å²) in [6.45, 7) is 4.80. The summed E-state index contributed by atoms with van der Waals surface area (Å²) in [5.74, 6) is 0.635. The highest BCUT2D eigenvalue weighted by molar-refractivity contribution is 5.89. The number of halogens is 1. The normalized spacial score (nSPS) is 34.0. The van der Waals surface area contributed by atoms with Gasteiger partial charge in [-0.15, -0.1) is 12.4 Å². The van der Waals surface area contributed by atoms with E-state index < -0.39 is 0 Å². The number of hydrogen-bond donors (Lipinski definition) is 2. The van der Waals surface area contributed by atoms with Crippen LogP contribution in [0.4, 0.5) is 0 Å². The van der Waals surface area contributed by atoms with Crippen LogP contribution in [-0.2, 0) is 9.59 Å². The smallest absolute Gasteiger partial charge is 0.245 e. The Labute approximate surface area is 139 Å². The van der Waals surface area contributed by atoms with Crippen molar-refractivity contribution in [3.05, 3.63) is 0 Å². The van der Waals surface area contributed by atoms with Crippen molar-refractivity contribution in [3.63, 3.8) is 0 Å².